The quantitative estimate of drug-likeness (QED) is 0.389. The lowest BCUT2D eigenvalue weighted by atomic mass is 10.0. The van der Waals surface area contributed by atoms with E-state index in [0.29, 0.717) is 18.8 Å². The van der Waals surface area contributed by atoms with Crippen LogP contribution in [0.4, 0.5) is 11.4 Å². The third kappa shape index (κ3) is 4.50. The molecule has 0 spiro atoms. The first-order valence-corrected chi connectivity index (χ1v) is 9.68. The molecule has 1 aliphatic rings. The molecule has 0 saturated carbocycles. The molecule has 3 rings (SSSR count). The fraction of sp³-hybridized carbons (Fsp3) is 0.350. The van der Waals surface area contributed by atoms with Crippen molar-refractivity contribution in [3.05, 3.63) is 51.2 Å². The van der Waals surface area contributed by atoms with Crippen LogP contribution in [0.25, 0.3) is 11.3 Å². The Labute approximate surface area is 177 Å². The molecular formula is C20H19ClN4O5. The molecule has 0 bridgehead atoms. The highest BCUT2D eigenvalue weighted by Gasteiger charge is 2.32. The summed E-state index contributed by atoms with van der Waals surface area (Å²) in [4.78, 5) is 29.3. The van der Waals surface area contributed by atoms with Crippen molar-refractivity contribution in [3.8, 4) is 17.3 Å². The molecule has 1 fully saturated rings. The van der Waals surface area contributed by atoms with Gasteiger partial charge in [-0.15, -0.1) is 0 Å². The number of hydrogen-bond donors (Lipinski definition) is 0. The SMILES string of the molecule is CCOC(=O)C(C#N)c1nc(-c2ccc(N3CCOCC3)cc2)c(Cl)cc1[N+](=O)[O-]. The zero-order chi connectivity index (χ0) is 21.7. The summed E-state index contributed by atoms with van der Waals surface area (Å²) in [5, 5.41) is 21.0. The van der Waals surface area contributed by atoms with Crippen molar-refractivity contribution in [2.24, 2.45) is 0 Å². The summed E-state index contributed by atoms with van der Waals surface area (Å²) in [5.74, 6) is -2.43. The molecule has 1 unspecified atom stereocenters. The third-order valence-corrected chi connectivity index (χ3v) is 4.91. The lowest BCUT2D eigenvalue weighted by Crippen LogP contribution is -2.36. The molecule has 0 radical (unpaired) electrons. The maximum absolute atomic E-state index is 12.1. The Bertz CT molecular complexity index is 984. The Hall–Kier alpha value is -3.22. The van der Waals surface area contributed by atoms with E-state index >= 15 is 0 Å². The topological polar surface area (TPSA) is 119 Å². The van der Waals surface area contributed by atoms with Crippen LogP contribution < -0.4 is 4.90 Å². The van der Waals surface area contributed by atoms with Gasteiger partial charge in [0.15, 0.2) is 5.92 Å². The van der Waals surface area contributed by atoms with Crippen LogP contribution in [0.1, 0.15) is 18.5 Å². The molecule has 1 aromatic heterocycles. The van der Waals surface area contributed by atoms with Crippen molar-refractivity contribution in [1.29, 1.82) is 5.26 Å². The summed E-state index contributed by atoms with van der Waals surface area (Å²) in [7, 11) is 0. The summed E-state index contributed by atoms with van der Waals surface area (Å²) in [6, 6.07) is 10.2. The fourth-order valence-corrected chi connectivity index (χ4v) is 3.41. The van der Waals surface area contributed by atoms with Gasteiger partial charge in [-0.3, -0.25) is 14.9 Å². The predicted octanol–water partition coefficient (Wildman–Crippen LogP) is 3.32. The van der Waals surface area contributed by atoms with Crippen LogP contribution in [-0.4, -0.2) is 48.8 Å². The van der Waals surface area contributed by atoms with E-state index in [1.54, 1.807) is 25.1 Å². The maximum Gasteiger partial charge on any atom is 0.329 e. The number of benzene rings is 1. The second-order valence-electron chi connectivity index (χ2n) is 6.44. The van der Waals surface area contributed by atoms with E-state index in [-0.39, 0.29) is 23.0 Å². The number of halogens is 1. The first kappa shape index (κ1) is 21.5. The van der Waals surface area contributed by atoms with Gasteiger partial charge in [0.25, 0.3) is 5.69 Å². The van der Waals surface area contributed by atoms with Crippen molar-refractivity contribution in [2.75, 3.05) is 37.8 Å². The van der Waals surface area contributed by atoms with Gasteiger partial charge in [-0.25, -0.2) is 4.98 Å². The van der Waals surface area contributed by atoms with Gasteiger partial charge in [0.2, 0.25) is 0 Å². The second-order valence-corrected chi connectivity index (χ2v) is 6.85. The van der Waals surface area contributed by atoms with E-state index in [2.05, 4.69) is 9.88 Å². The van der Waals surface area contributed by atoms with Crippen LogP contribution in [0.2, 0.25) is 5.02 Å². The van der Waals surface area contributed by atoms with Crippen molar-refractivity contribution in [2.45, 2.75) is 12.8 Å². The normalized spacial score (nSPS) is 14.6. The van der Waals surface area contributed by atoms with Crippen LogP contribution in [0, 0.1) is 21.4 Å². The Morgan fingerprint density at radius 2 is 2.07 bits per heavy atom. The molecule has 156 valence electrons. The highest BCUT2D eigenvalue weighted by atomic mass is 35.5. The van der Waals surface area contributed by atoms with Gasteiger partial charge in [0.05, 0.1) is 41.5 Å². The number of anilines is 1. The van der Waals surface area contributed by atoms with Crippen LogP contribution in [0.5, 0.6) is 0 Å². The van der Waals surface area contributed by atoms with Gasteiger partial charge < -0.3 is 14.4 Å². The Kier molecular flexibility index (Phi) is 6.82. The average Bonchev–Trinajstić information content (AvgIpc) is 2.76. The number of esters is 1. The monoisotopic (exact) mass is 430 g/mol. The maximum atomic E-state index is 12.1. The number of nitriles is 1. The third-order valence-electron chi connectivity index (χ3n) is 4.62. The number of aromatic nitrogens is 1. The summed E-state index contributed by atoms with van der Waals surface area (Å²) in [5.41, 5.74) is 1.05. The van der Waals surface area contributed by atoms with Crippen LogP contribution in [0.15, 0.2) is 30.3 Å². The molecule has 2 heterocycles. The molecular weight excluding hydrogens is 412 g/mol. The first-order chi connectivity index (χ1) is 14.5. The zero-order valence-corrected chi connectivity index (χ0v) is 17.0. The van der Waals surface area contributed by atoms with E-state index in [0.717, 1.165) is 24.8 Å². The fourth-order valence-electron chi connectivity index (χ4n) is 3.16. The number of carbonyl (C=O) groups excluding carboxylic acids is 1. The number of ether oxygens (including phenoxy) is 2. The Morgan fingerprint density at radius 1 is 1.40 bits per heavy atom. The number of nitrogens with zero attached hydrogens (tertiary/aromatic N) is 4. The standard InChI is InChI=1S/C20H19ClN4O5/c1-2-30-20(26)15(12-22)19-17(25(27)28)11-16(21)18(23-19)13-3-5-14(6-4-13)24-7-9-29-10-8-24/h3-6,11,15H,2,7-10H2,1H3. The molecule has 1 saturated heterocycles. The molecule has 1 aromatic carbocycles. The summed E-state index contributed by atoms with van der Waals surface area (Å²) >= 11 is 6.26. The summed E-state index contributed by atoms with van der Waals surface area (Å²) in [6.07, 6.45) is 0. The van der Waals surface area contributed by atoms with Gasteiger partial charge in [-0.05, 0) is 19.1 Å². The van der Waals surface area contributed by atoms with Gasteiger partial charge in [0, 0.05) is 30.4 Å². The largest absolute Gasteiger partial charge is 0.465 e. The molecule has 1 atom stereocenters. The van der Waals surface area contributed by atoms with E-state index in [1.165, 1.54) is 0 Å². The molecule has 9 nitrogen and oxygen atoms in total. The van der Waals surface area contributed by atoms with Crippen LogP contribution in [-0.2, 0) is 14.3 Å². The molecule has 1 aliphatic heterocycles. The number of nitro groups is 1. The average molecular weight is 431 g/mol. The number of morpholine rings is 1. The van der Waals surface area contributed by atoms with E-state index in [4.69, 9.17) is 21.1 Å². The smallest absolute Gasteiger partial charge is 0.329 e. The lowest BCUT2D eigenvalue weighted by molar-refractivity contribution is -0.386. The molecule has 0 aliphatic carbocycles. The molecule has 0 amide bonds. The molecule has 0 N–H and O–H groups in total. The number of rotatable bonds is 6. The van der Waals surface area contributed by atoms with Gasteiger partial charge in [-0.1, -0.05) is 23.7 Å². The molecule has 10 heteroatoms. The summed E-state index contributed by atoms with van der Waals surface area (Å²) < 4.78 is 10.2. The van der Waals surface area contributed by atoms with Gasteiger partial charge in [-0.2, -0.15) is 5.26 Å². The van der Waals surface area contributed by atoms with Crippen LogP contribution in [0.3, 0.4) is 0 Å². The molecule has 30 heavy (non-hydrogen) atoms. The minimum absolute atomic E-state index is 0.0360. The highest BCUT2D eigenvalue weighted by Crippen LogP contribution is 2.35. The van der Waals surface area contributed by atoms with Crippen molar-refractivity contribution in [3.63, 3.8) is 0 Å². The van der Waals surface area contributed by atoms with Crippen LogP contribution >= 0.6 is 11.6 Å². The molecule has 2 aromatic rings. The van der Waals surface area contributed by atoms with E-state index in [9.17, 15) is 20.2 Å². The number of pyridine rings is 1. The van der Waals surface area contributed by atoms with Gasteiger partial charge in [0.1, 0.15) is 5.69 Å². The highest BCUT2D eigenvalue weighted by molar-refractivity contribution is 6.33. The first-order valence-electron chi connectivity index (χ1n) is 9.30. The second kappa shape index (κ2) is 9.52. The Morgan fingerprint density at radius 3 is 2.63 bits per heavy atom. The minimum atomic E-state index is -1.53. The number of carbonyl (C=O) groups is 1. The van der Waals surface area contributed by atoms with E-state index in [1.807, 2.05) is 12.1 Å². The van der Waals surface area contributed by atoms with Crippen molar-refractivity contribution in [1.82, 2.24) is 4.98 Å². The Balaban J connectivity index is 2.01. The van der Waals surface area contributed by atoms with Crippen molar-refractivity contribution >= 4 is 28.9 Å². The zero-order valence-electron chi connectivity index (χ0n) is 16.2. The summed E-state index contributed by atoms with van der Waals surface area (Å²) in [6.45, 7) is 4.49. The van der Waals surface area contributed by atoms with Gasteiger partial charge >= 0.3 is 5.97 Å². The van der Waals surface area contributed by atoms with Crippen molar-refractivity contribution < 1.29 is 19.2 Å². The minimum Gasteiger partial charge on any atom is -0.465 e. The lowest BCUT2D eigenvalue weighted by Gasteiger charge is -2.28. The van der Waals surface area contributed by atoms with E-state index < -0.39 is 22.5 Å². The predicted molar refractivity (Wildman–Crippen MR) is 109 cm³/mol. The number of hydrogen-bond acceptors (Lipinski definition) is 8.